The number of methoxy groups -OCH3 is 1. The molecule has 104 valence electrons. The van der Waals surface area contributed by atoms with Crippen LogP contribution in [-0.4, -0.2) is 24.0 Å². The van der Waals surface area contributed by atoms with E-state index in [1.807, 2.05) is 0 Å². The lowest BCUT2D eigenvalue weighted by atomic mass is 10.3. The van der Waals surface area contributed by atoms with E-state index in [2.05, 4.69) is 9.72 Å². The number of rotatable bonds is 4. The lowest BCUT2D eigenvalue weighted by molar-refractivity contribution is 0.0438. The van der Waals surface area contributed by atoms with Crippen molar-refractivity contribution < 1.29 is 23.5 Å². The fourth-order valence-corrected chi connectivity index (χ4v) is 1.49. The molecule has 0 atom stereocenters. The molecule has 0 amide bonds. The molecule has 7 heteroatoms. The average molecular weight is 296 g/mol. The predicted octanol–water partition coefficient (Wildman–Crippen LogP) is 2.47. The summed E-state index contributed by atoms with van der Waals surface area (Å²) in [6, 6.07) is 5.96. The quantitative estimate of drug-likeness (QED) is 0.637. The zero-order chi connectivity index (χ0) is 14.5. The van der Waals surface area contributed by atoms with Crippen LogP contribution in [0.3, 0.4) is 0 Å². The fraction of sp³-hybridized carbons (Fsp3) is 0.154. The Balaban J connectivity index is 1.95. The Morgan fingerprint density at radius 2 is 2.05 bits per heavy atom. The molecular weight excluding hydrogens is 286 g/mol. The third kappa shape index (κ3) is 3.36. The molecule has 0 aromatic carbocycles. The molecule has 2 rings (SSSR count). The summed E-state index contributed by atoms with van der Waals surface area (Å²) in [7, 11) is 1.25. The summed E-state index contributed by atoms with van der Waals surface area (Å²) in [5, 5.41) is 0.287. The van der Waals surface area contributed by atoms with E-state index in [4.69, 9.17) is 20.8 Å². The highest BCUT2D eigenvalue weighted by molar-refractivity contribution is 6.29. The van der Waals surface area contributed by atoms with Crippen LogP contribution in [0.15, 0.2) is 34.9 Å². The molecule has 0 aliphatic heterocycles. The van der Waals surface area contributed by atoms with E-state index >= 15 is 0 Å². The van der Waals surface area contributed by atoms with E-state index in [0.29, 0.717) is 5.76 Å². The number of nitrogens with zero attached hydrogens (tertiary/aromatic N) is 1. The Kier molecular flexibility index (Phi) is 4.37. The first-order valence-electron chi connectivity index (χ1n) is 5.56. The van der Waals surface area contributed by atoms with Crippen molar-refractivity contribution in [1.29, 1.82) is 0 Å². The molecule has 0 spiro atoms. The Morgan fingerprint density at radius 1 is 1.25 bits per heavy atom. The van der Waals surface area contributed by atoms with Gasteiger partial charge in [-0.05, 0) is 24.3 Å². The zero-order valence-electron chi connectivity index (χ0n) is 10.5. The molecule has 0 radical (unpaired) electrons. The van der Waals surface area contributed by atoms with Crippen LogP contribution in [0.5, 0.6) is 0 Å². The lowest BCUT2D eigenvalue weighted by Gasteiger charge is -2.02. The monoisotopic (exact) mass is 295 g/mol. The number of esters is 2. The molecule has 0 N–H and O–H groups in total. The molecular formula is C13H10ClNO5. The minimum absolute atomic E-state index is 0.0479. The second-order valence-corrected chi connectivity index (χ2v) is 4.09. The van der Waals surface area contributed by atoms with Crippen molar-refractivity contribution in [1.82, 2.24) is 4.98 Å². The second kappa shape index (κ2) is 6.21. The van der Waals surface area contributed by atoms with Gasteiger partial charge in [-0.2, -0.15) is 0 Å². The summed E-state index contributed by atoms with van der Waals surface area (Å²) in [5.74, 6) is -0.776. The zero-order valence-corrected chi connectivity index (χ0v) is 11.2. The number of carbonyl (C=O) groups excluding carboxylic acids is 2. The smallest absolute Gasteiger partial charge is 0.373 e. The van der Waals surface area contributed by atoms with E-state index < -0.39 is 11.9 Å². The molecule has 0 aliphatic rings. The maximum atomic E-state index is 11.7. The summed E-state index contributed by atoms with van der Waals surface area (Å²) in [6.45, 7) is -0.0988. The summed E-state index contributed by atoms with van der Waals surface area (Å²) in [6.07, 6.45) is 1.31. The van der Waals surface area contributed by atoms with Gasteiger partial charge in [0.1, 0.15) is 17.5 Å². The molecule has 0 aliphatic carbocycles. The highest BCUT2D eigenvalue weighted by atomic mass is 35.5. The van der Waals surface area contributed by atoms with Crippen LogP contribution in [0.25, 0.3) is 0 Å². The van der Waals surface area contributed by atoms with Gasteiger partial charge in [0.15, 0.2) is 0 Å². The number of aromatic nitrogens is 1. The van der Waals surface area contributed by atoms with Crippen molar-refractivity contribution in [3.8, 4) is 0 Å². The summed E-state index contributed by atoms with van der Waals surface area (Å²) >= 11 is 5.61. The van der Waals surface area contributed by atoms with Crippen molar-refractivity contribution in [3.63, 3.8) is 0 Å². The van der Waals surface area contributed by atoms with Gasteiger partial charge in [-0.3, -0.25) is 0 Å². The maximum absolute atomic E-state index is 11.7. The van der Waals surface area contributed by atoms with Crippen LogP contribution in [0.2, 0.25) is 5.15 Å². The topological polar surface area (TPSA) is 78.6 Å². The van der Waals surface area contributed by atoms with Crippen LogP contribution < -0.4 is 0 Å². The Hall–Kier alpha value is -2.34. The molecule has 2 heterocycles. The van der Waals surface area contributed by atoms with Gasteiger partial charge in [-0.25, -0.2) is 14.6 Å². The number of halogens is 1. The van der Waals surface area contributed by atoms with E-state index in [1.165, 1.54) is 37.6 Å². The predicted molar refractivity (Wildman–Crippen MR) is 68.4 cm³/mol. The molecule has 0 unspecified atom stereocenters. The van der Waals surface area contributed by atoms with Crippen molar-refractivity contribution in [2.24, 2.45) is 0 Å². The normalized spacial score (nSPS) is 10.1. The maximum Gasteiger partial charge on any atom is 0.373 e. The van der Waals surface area contributed by atoms with Crippen molar-refractivity contribution in [3.05, 3.63) is 52.7 Å². The van der Waals surface area contributed by atoms with Gasteiger partial charge < -0.3 is 13.9 Å². The van der Waals surface area contributed by atoms with E-state index in [0.717, 1.165) is 0 Å². The molecule has 0 bridgehead atoms. The van der Waals surface area contributed by atoms with Gasteiger partial charge in [0.2, 0.25) is 5.76 Å². The number of carbonyl (C=O) groups is 2. The number of hydrogen-bond donors (Lipinski definition) is 0. The Morgan fingerprint density at radius 3 is 2.70 bits per heavy atom. The van der Waals surface area contributed by atoms with Crippen LogP contribution in [0, 0.1) is 0 Å². The van der Waals surface area contributed by atoms with Crippen LogP contribution in [-0.2, 0) is 16.1 Å². The fourth-order valence-electron chi connectivity index (χ4n) is 1.38. The van der Waals surface area contributed by atoms with E-state index in [1.54, 1.807) is 0 Å². The van der Waals surface area contributed by atoms with E-state index in [-0.39, 0.29) is 23.1 Å². The molecule has 6 nitrogen and oxygen atoms in total. The summed E-state index contributed by atoms with van der Waals surface area (Å²) < 4.78 is 14.7. The molecule has 0 saturated carbocycles. The van der Waals surface area contributed by atoms with Gasteiger partial charge in [-0.15, -0.1) is 0 Å². The molecule has 0 fully saturated rings. The van der Waals surface area contributed by atoms with Gasteiger partial charge >= 0.3 is 11.9 Å². The van der Waals surface area contributed by atoms with Gasteiger partial charge in [0, 0.05) is 6.20 Å². The first-order chi connectivity index (χ1) is 9.60. The average Bonchev–Trinajstić information content (AvgIpc) is 2.93. The number of pyridine rings is 1. The van der Waals surface area contributed by atoms with Crippen LogP contribution >= 0.6 is 11.6 Å². The van der Waals surface area contributed by atoms with Gasteiger partial charge in [0.25, 0.3) is 0 Å². The second-order valence-electron chi connectivity index (χ2n) is 3.70. The number of furan rings is 1. The van der Waals surface area contributed by atoms with Gasteiger partial charge in [0.05, 0.1) is 12.7 Å². The van der Waals surface area contributed by atoms with E-state index in [9.17, 15) is 9.59 Å². The Labute approximate surface area is 119 Å². The highest BCUT2D eigenvalue weighted by Crippen LogP contribution is 2.12. The largest absolute Gasteiger partial charge is 0.463 e. The molecule has 2 aromatic heterocycles. The molecule has 0 saturated heterocycles. The first kappa shape index (κ1) is 14.1. The minimum Gasteiger partial charge on any atom is -0.463 e. The Bertz CT molecular complexity index is 620. The minimum atomic E-state index is -0.593. The lowest BCUT2D eigenvalue weighted by Crippen LogP contribution is -2.05. The number of hydrogen-bond acceptors (Lipinski definition) is 6. The van der Waals surface area contributed by atoms with Crippen molar-refractivity contribution in [2.75, 3.05) is 7.11 Å². The number of ether oxygens (including phenoxy) is 2. The van der Waals surface area contributed by atoms with Gasteiger partial charge in [-0.1, -0.05) is 11.6 Å². The van der Waals surface area contributed by atoms with Crippen LogP contribution in [0.4, 0.5) is 0 Å². The SMILES string of the molecule is COC(=O)c1ccc(COC(=O)c2ccc(Cl)nc2)o1. The molecule has 20 heavy (non-hydrogen) atoms. The highest BCUT2D eigenvalue weighted by Gasteiger charge is 2.13. The third-order valence-corrected chi connectivity index (χ3v) is 2.58. The molecule has 2 aromatic rings. The van der Waals surface area contributed by atoms with Crippen LogP contribution in [0.1, 0.15) is 26.7 Å². The van der Waals surface area contributed by atoms with Crippen molar-refractivity contribution in [2.45, 2.75) is 6.61 Å². The summed E-state index contributed by atoms with van der Waals surface area (Å²) in [5.41, 5.74) is 0.272. The standard InChI is InChI=1S/C13H10ClNO5/c1-18-13(17)10-4-3-9(20-10)7-19-12(16)8-2-5-11(14)15-6-8/h2-6H,7H2,1H3. The summed E-state index contributed by atoms with van der Waals surface area (Å²) in [4.78, 5) is 26.6. The third-order valence-electron chi connectivity index (χ3n) is 2.36. The van der Waals surface area contributed by atoms with Crippen molar-refractivity contribution >= 4 is 23.5 Å². The first-order valence-corrected chi connectivity index (χ1v) is 5.93.